The van der Waals surface area contributed by atoms with E-state index in [1.165, 1.54) is 11.1 Å². The van der Waals surface area contributed by atoms with E-state index in [1.54, 1.807) is 25.3 Å². The van der Waals surface area contributed by atoms with Gasteiger partial charge in [0.1, 0.15) is 6.61 Å². The van der Waals surface area contributed by atoms with E-state index in [0.29, 0.717) is 39.7 Å². The average molecular weight is 451 g/mol. The molecule has 1 N–H and O–H groups in total. The zero-order valence-electron chi connectivity index (χ0n) is 16.3. The highest BCUT2D eigenvalue weighted by atomic mass is 35.5. The van der Waals surface area contributed by atoms with E-state index in [4.69, 9.17) is 44.3 Å². The predicted molar refractivity (Wildman–Crippen MR) is 121 cm³/mol. The third-order valence-corrected chi connectivity index (χ3v) is 5.57. The number of hydrogen-bond acceptors (Lipinski definition) is 3. The molecule has 6 heteroatoms. The van der Waals surface area contributed by atoms with Crippen molar-refractivity contribution in [3.63, 3.8) is 0 Å². The van der Waals surface area contributed by atoms with Crippen molar-refractivity contribution >= 4 is 34.8 Å². The molecule has 0 heterocycles. The molecule has 29 heavy (non-hydrogen) atoms. The van der Waals surface area contributed by atoms with Gasteiger partial charge in [-0.1, -0.05) is 70.7 Å². The lowest BCUT2D eigenvalue weighted by molar-refractivity contribution is 0.284. The molecule has 0 aliphatic heterocycles. The molecule has 0 amide bonds. The molecule has 0 aliphatic carbocycles. The number of rotatable bonds is 8. The first-order valence-corrected chi connectivity index (χ1v) is 10.3. The molecule has 0 fully saturated rings. The lowest BCUT2D eigenvalue weighted by Gasteiger charge is -2.15. The van der Waals surface area contributed by atoms with Gasteiger partial charge in [0.2, 0.25) is 0 Å². The predicted octanol–water partition coefficient (Wildman–Crippen LogP) is 6.83. The standard InChI is InChI=1S/C23H22Cl3NO2/c1-15-3-5-16(6-4-15)12-27-13-18-10-22(28-2)23(11-20(18)25)29-14-17-7-8-19(24)21(26)9-17/h3-11,27H,12-14H2,1-2H3. The second-order valence-electron chi connectivity index (χ2n) is 6.72. The Morgan fingerprint density at radius 2 is 1.48 bits per heavy atom. The van der Waals surface area contributed by atoms with Crippen LogP contribution >= 0.6 is 34.8 Å². The summed E-state index contributed by atoms with van der Waals surface area (Å²) in [6.07, 6.45) is 0. The quantitative estimate of drug-likeness (QED) is 0.408. The van der Waals surface area contributed by atoms with Gasteiger partial charge in [0.15, 0.2) is 11.5 Å². The van der Waals surface area contributed by atoms with E-state index < -0.39 is 0 Å². The van der Waals surface area contributed by atoms with Crippen molar-refractivity contribution in [2.24, 2.45) is 0 Å². The highest BCUT2D eigenvalue weighted by molar-refractivity contribution is 6.42. The molecule has 0 aromatic heterocycles. The van der Waals surface area contributed by atoms with Crippen LogP contribution in [-0.2, 0) is 19.7 Å². The molecule has 152 valence electrons. The van der Waals surface area contributed by atoms with Gasteiger partial charge >= 0.3 is 0 Å². The van der Waals surface area contributed by atoms with Crippen LogP contribution in [0.1, 0.15) is 22.3 Å². The third kappa shape index (κ3) is 6.03. The molecular weight excluding hydrogens is 429 g/mol. The monoisotopic (exact) mass is 449 g/mol. The van der Waals surface area contributed by atoms with Crippen LogP contribution in [0.15, 0.2) is 54.6 Å². The Morgan fingerprint density at radius 1 is 0.759 bits per heavy atom. The van der Waals surface area contributed by atoms with E-state index in [9.17, 15) is 0 Å². The van der Waals surface area contributed by atoms with E-state index in [1.807, 2.05) is 12.1 Å². The van der Waals surface area contributed by atoms with Crippen LogP contribution in [0.4, 0.5) is 0 Å². The molecule has 3 nitrogen and oxygen atoms in total. The molecule has 0 saturated carbocycles. The zero-order valence-corrected chi connectivity index (χ0v) is 18.5. The summed E-state index contributed by atoms with van der Waals surface area (Å²) in [6, 6.07) is 17.5. The van der Waals surface area contributed by atoms with Crippen molar-refractivity contribution in [3.05, 3.63) is 91.9 Å². The van der Waals surface area contributed by atoms with Crippen LogP contribution in [0.3, 0.4) is 0 Å². The first-order chi connectivity index (χ1) is 14.0. The average Bonchev–Trinajstić information content (AvgIpc) is 2.71. The van der Waals surface area contributed by atoms with Crippen LogP contribution in [0, 0.1) is 6.92 Å². The van der Waals surface area contributed by atoms with Gasteiger partial charge in [0, 0.05) is 24.2 Å². The smallest absolute Gasteiger partial charge is 0.163 e. The zero-order chi connectivity index (χ0) is 20.8. The van der Waals surface area contributed by atoms with E-state index in [-0.39, 0.29) is 0 Å². The Kier molecular flexibility index (Phi) is 7.68. The summed E-state index contributed by atoms with van der Waals surface area (Å²) in [4.78, 5) is 0. The van der Waals surface area contributed by atoms with Crippen LogP contribution in [0.2, 0.25) is 15.1 Å². The van der Waals surface area contributed by atoms with Gasteiger partial charge in [-0.25, -0.2) is 0 Å². The van der Waals surface area contributed by atoms with Crippen molar-refractivity contribution in [2.75, 3.05) is 7.11 Å². The van der Waals surface area contributed by atoms with Gasteiger partial charge in [-0.15, -0.1) is 0 Å². The Bertz CT molecular complexity index is 975. The summed E-state index contributed by atoms with van der Waals surface area (Å²) in [5.74, 6) is 1.20. The van der Waals surface area contributed by atoms with Crippen molar-refractivity contribution in [3.8, 4) is 11.5 Å². The highest BCUT2D eigenvalue weighted by Crippen LogP contribution is 2.34. The topological polar surface area (TPSA) is 30.5 Å². The molecule has 3 aromatic rings. The molecule has 0 bridgehead atoms. The van der Waals surface area contributed by atoms with Gasteiger partial charge in [0.05, 0.1) is 17.2 Å². The number of methoxy groups -OCH3 is 1. The number of halogens is 3. The number of ether oxygens (including phenoxy) is 2. The van der Waals surface area contributed by atoms with Crippen molar-refractivity contribution in [2.45, 2.75) is 26.6 Å². The van der Waals surface area contributed by atoms with E-state index in [0.717, 1.165) is 17.7 Å². The van der Waals surface area contributed by atoms with Gasteiger partial charge in [-0.2, -0.15) is 0 Å². The fourth-order valence-electron chi connectivity index (χ4n) is 2.82. The molecule has 0 saturated heterocycles. The summed E-state index contributed by atoms with van der Waals surface area (Å²) in [5, 5.41) is 5.03. The fourth-order valence-corrected chi connectivity index (χ4v) is 3.36. The molecule has 0 spiro atoms. The first kappa shape index (κ1) is 21.8. The van der Waals surface area contributed by atoms with Crippen molar-refractivity contribution in [1.82, 2.24) is 5.32 Å². The maximum Gasteiger partial charge on any atom is 0.163 e. The van der Waals surface area contributed by atoms with Gasteiger partial charge in [-0.05, 0) is 41.8 Å². The van der Waals surface area contributed by atoms with Crippen molar-refractivity contribution < 1.29 is 9.47 Å². The minimum absolute atomic E-state index is 0.328. The summed E-state index contributed by atoms with van der Waals surface area (Å²) < 4.78 is 11.4. The minimum Gasteiger partial charge on any atom is -0.493 e. The SMILES string of the molecule is COc1cc(CNCc2ccc(C)cc2)c(Cl)cc1OCc1ccc(Cl)c(Cl)c1. The summed E-state index contributed by atoms with van der Waals surface area (Å²) in [7, 11) is 1.61. The molecule has 3 rings (SSSR count). The number of nitrogens with one attached hydrogen (secondary N) is 1. The van der Waals surface area contributed by atoms with Crippen LogP contribution in [0.5, 0.6) is 11.5 Å². The lowest BCUT2D eigenvalue weighted by Crippen LogP contribution is -2.13. The van der Waals surface area contributed by atoms with Crippen LogP contribution in [-0.4, -0.2) is 7.11 Å². The molecular formula is C23H22Cl3NO2. The number of hydrogen-bond donors (Lipinski definition) is 1. The van der Waals surface area contributed by atoms with E-state index >= 15 is 0 Å². The normalized spacial score (nSPS) is 10.8. The molecule has 0 radical (unpaired) electrons. The van der Waals surface area contributed by atoms with Gasteiger partial charge < -0.3 is 14.8 Å². The van der Waals surface area contributed by atoms with Gasteiger partial charge in [-0.3, -0.25) is 0 Å². The van der Waals surface area contributed by atoms with Crippen molar-refractivity contribution in [1.29, 1.82) is 0 Å². The highest BCUT2D eigenvalue weighted by Gasteiger charge is 2.11. The second-order valence-corrected chi connectivity index (χ2v) is 7.94. The lowest BCUT2D eigenvalue weighted by atomic mass is 10.1. The Morgan fingerprint density at radius 3 is 2.17 bits per heavy atom. The Hall–Kier alpha value is -1.91. The van der Waals surface area contributed by atoms with Crippen LogP contribution < -0.4 is 14.8 Å². The number of aryl methyl sites for hydroxylation is 1. The second kappa shape index (κ2) is 10.2. The molecule has 0 atom stereocenters. The van der Waals surface area contributed by atoms with Crippen LogP contribution in [0.25, 0.3) is 0 Å². The molecule has 3 aromatic carbocycles. The molecule has 0 unspecified atom stereocenters. The number of benzene rings is 3. The third-order valence-electron chi connectivity index (χ3n) is 4.48. The maximum atomic E-state index is 6.47. The molecule has 0 aliphatic rings. The Labute approximate surface area is 186 Å². The summed E-state index contributed by atoms with van der Waals surface area (Å²) >= 11 is 18.5. The van der Waals surface area contributed by atoms with Gasteiger partial charge in [0.25, 0.3) is 0 Å². The largest absolute Gasteiger partial charge is 0.493 e. The Balaban J connectivity index is 1.64. The maximum absolute atomic E-state index is 6.47. The summed E-state index contributed by atoms with van der Waals surface area (Å²) in [5.41, 5.74) is 4.32. The summed E-state index contributed by atoms with van der Waals surface area (Å²) in [6.45, 7) is 3.79. The first-order valence-electron chi connectivity index (χ1n) is 9.15. The minimum atomic E-state index is 0.328. The van der Waals surface area contributed by atoms with E-state index in [2.05, 4.69) is 36.5 Å². The fraction of sp³-hybridized carbons (Fsp3) is 0.217.